The summed E-state index contributed by atoms with van der Waals surface area (Å²) in [7, 11) is 0. The summed E-state index contributed by atoms with van der Waals surface area (Å²) in [6.45, 7) is 0. The highest BCUT2D eigenvalue weighted by Crippen LogP contribution is 2.39. The monoisotopic (exact) mass is 279 g/mol. The minimum absolute atomic E-state index is 0.654. The van der Waals surface area contributed by atoms with Crippen LogP contribution in [0.2, 0.25) is 0 Å². The molecule has 0 radical (unpaired) electrons. The van der Waals surface area contributed by atoms with Gasteiger partial charge in [-0.3, -0.25) is 0 Å². The fourth-order valence-electron chi connectivity index (χ4n) is 3.77. The number of aromatic nitrogens is 2. The molecule has 3 nitrogen and oxygen atoms in total. The summed E-state index contributed by atoms with van der Waals surface area (Å²) in [5.41, 5.74) is 2.94. The van der Waals surface area contributed by atoms with Crippen LogP contribution >= 0.6 is 0 Å². The van der Waals surface area contributed by atoms with Gasteiger partial charge in [0.25, 0.3) is 0 Å². The molecule has 0 N–H and O–H groups in total. The zero-order valence-corrected chi connectivity index (χ0v) is 12.4. The van der Waals surface area contributed by atoms with Gasteiger partial charge in [0.2, 0.25) is 0 Å². The van der Waals surface area contributed by atoms with Gasteiger partial charge in [0.15, 0.2) is 0 Å². The van der Waals surface area contributed by atoms with E-state index in [4.69, 9.17) is 10.2 Å². The lowest BCUT2D eigenvalue weighted by Crippen LogP contribution is -2.04. The second-order valence-electron chi connectivity index (χ2n) is 6.63. The molecule has 0 amide bonds. The topological polar surface area (TPSA) is 41.6 Å². The van der Waals surface area contributed by atoms with Crippen molar-refractivity contribution in [3.63, 3.8) is 0 Å². The van der Waals surface area contributed by atoms with Crippen molar-refractivity contribution >= 4 is 11.0 Å². The van der Waals surface area contributed by atoms with Crippen molar-refractivity contribution in [1.82, 2.24) is 9.55 Å². The van der Waals surface area contributed by atoms with Crippen LogP contribution in [0.4, 0.5) is 0 Å². The summed E-state index contributed by atoms with van der Waals surface area (Å²) >= 11 is 0. The van der Waals surface area contributed by atoms with E-state index in [1.807, 2.05) is 12.1 Å². The Hall–Kier alpha value is -1.82. The summed E-state index contributed by atoms with van der Waals surface area (Å²) in [5, 5.41) is 9.06. The summed E-state index contributed by atoms with van der Waals surface area (Å²) in [6.07, 6.45) is 10.6. The van der Waals surface area contributed by atoms with E-state index < -0.39 is 0 Å². The Bertz CT molecular complexity index is 697. The van der Waals surface area contributed by atoms with Crippen molar-refractivity contribution in [1.29, 1.82) is 5.26 Å². The quantitative estimate of drug-likeness (QED) is 0.834. The first-order valence-electron chi connectivity index (χ1n) is 8.26. The van der Waals surface area contributed by atoms with Gasteiger partial charge in [-0.2, -0.15) is 5.26 Å². The first-order chi connectivity index (χ1) is 10.3. The maximum Gasteiger partial charge on any atom is 0.110 e. The fourth-order valence-corrected chi connectivity index (χ4v) is 3.77. The molecule has 1 heterocycles. The smallest absolute Gasteiger partial charge is 0.110 e. The highest BCUT2D eigenvalue weighted by Gasteiger charge is 2.28. The van der Waals surface area contributed by atoms with E-state index in [2.05, 4.69) is 16.7 Å². The molecule has 0 spiro atoms. The van der Waals surface area contributed by atoms with E-state index in [1.165, 1.54) is 56.3 Å². The Balaban J connectivity index is 1.66. The normalized spacial score (nSPS) is 19.2. The predicted octanol–water partition coefficient (Wildman–Crippen LogP) is 4.37. The number of imidazole rings is 1. The van der Waals surface area contributed by atoms with Gasteiger partial charge in [0.05, 0.1) is 22.7 Å². The number of fused-ring (bicyclic) bond motifs is 1. The van der Waals surface area contributed by atoms with Gasteiger partial charge in [0.1, 0.15) is 5.82 Å². The molecule has 4 rings (SSSR count). The molecule has 3 heteroatoms. The number of rotatable bonds is 4. The molecule has 2 aliphatic carbocycles. The molecule has 2 fully saturated rings. The predicted molar refractivity (Wildman–Crippen MR) is 83.0 cm³/mol. The Morgan fingerprint density at radius 1 is 1.19 bits per heavy atom. The molecule has 1 aromatic carbocycles. The van der Waals surface area contributed by atoms with E-state index in [-0.39, 0.29) is 0 Å². The molecular weight excluding hydrogens is 258 g/mol. The third-order valence-electron chi connectivity index (χ3n) is 5.05. The molecular formula is C18H21N3. The van der Waals surface area contributed by atoms with Crippen LogP contribution in [-0.2, 0) is 6.42 Å². The van der Waals surface area contributed by atoms with Gasteiger partial charge in [-0.05, 0) is 43.4 Å². The van der Waals surface area contributed by atoms with Crippen molar-refractivity contribution in [2.45, 2.75) is 57.4 Å². The molecule has 0 aliphatic heterocycles. The molecule has 21 heavy (non-hydrogen) atoms. The summed E-state index contributed by atoms with van der Waals surface area (Å²) in [6, 6.07) is 8.81. The first-order valence-corrected chi connectivity index (χ1v) is 8.26. The molecule has 2 saturated carbocycles. The number of hydrogen-bond donors (Lipinski definition) is 0. The molecule has 0 atom stereocenters. The molecule has 0 bridgehead atoms. The summed E-state index contributed by atoms with van der Waals surface area (Å²) < 4.78 is 2.45. The van der Waals surface area contributed by atoms with Crippen molar-refractivity contribution in [2.24, 2.45) is 5.92 Å². The number of nitrogens with zero attached hydrogens (tertiary/aromatic N) is 3. The van der Waals surface area contributed by atoms with Crippen LogP contribution in [0.25, 0.3) is 11.0 Å². The minimum Gasteiger partial charge on any atom is -0.325 e. The average molecular weight is 279 g/mol. The number of aryl methyl sites for hydroxylation is 1. The van der Waals surface area contributed by atoms with Crippen LogP contribution in [0.1, 0.15) is 62.4 Å². The van der Waals surface area contributed by atoms with E-state index in [9.17, 15) is 0 Å². The van der Waals surface area contributed by atoms with Gasteiger partial charge in [-0.15, -0.1) is 0 Å². The van der Waals surface area contributed by atoms with Crippen molar-refractivity contribution in [2.75, 3.05) is 0 Å². The Morgan fingerprint density at radius 3 is 2.71 bits per heavy atom. The molecule has 0 saturated heterocycles. The SMILES string of the molecule is N#Cc1ccc2c(c1)nc(CCC1CCCC1)n2C1CC1. The lowest BCUT2D eigenvalue weighted by molar-refractivity contribution is 0.490. The van der Waals surface area contributed by atoms with Gasteiger partial charge in [-0.25, -0.2) is 4.98 Å². The van der Waals surface area contributed by atoms with Crippen LogP contribution in [0.5, 0.6) is 0 Å². The first kappa shape index (κ1) is 12.9. The highest BCUT2D eigenvalue weighted by molar-refractivity contribution is 5.78. The largest absolute Gasteiger partial charge is 0.325 e. The van der Waals surface area contributed by atoms with Gasteiger partial charge >= 0.3 is 0 Å². The average Bonchev–Trinajstić information content (AvgIpc) is 3.09. The van der Waals surface area contributed by atoms with Gasteiger partial charge in [0, 0.05) is 12.5 Å². The van der Waals surface area contributed by atoms with Crippen LogP contribution in [-0.4, -0.2) is 9.55 Å². The molecule has 1 aromatic heterocycles. The standard InChI is InChI=1S/C18H21N3/c19-12-14-5-9-17-16(11-14)20-18(21(17)15-7-8-15)10-6-13-3-1-2-4-13/h5,9,11,13,15H,1-4,6-8,10H2. The Kier molecular flexibility index (Phi) is 3.18. The van der Waals surface area contributed by atoms with Crippen LogP contribution < -0.4 is 0 Å². The number of nitriles is 1. The highest BCUT2D eigenvalue weighted by atomic mass is 15.1. The number of benzene rings is 1. The second kappa shape index (κ2) is 5.18. The van der Waals surface area contributed by atoms with Crippen molar-refractivity contribution in [3.8, 4) is 6.07 Å². The van der Waals surface area contributed by atoms with E-state index in [1.54, 1.807) is 0 Å². The van der Waals surface area contributed by atoms with Crippen LogP contribution in [0, 0.1) is 17.2 Å². The van der Waals surface area contributed by atoms with Crippen LogP contribution in [0.15, 0.2) is 18.2 Å². The lowest BCUT2D eigenvalue weighted by atomic mass is 10.0. The molecule has 2 aliphatic rings. The molecule has 0 unspecified atom stereocenters. The summed E-state index contributed by atoms with van der Waals surface area (Å²) in [4.78, 5) is 4.86. The van der Waals surface area contributed by atoms with Gasteiger partial charge < -0.3 is 4.57 Å². The summed E-state index contributed by atoms with van der Waals surface area (Å²) in [5.74, 6) is 2.15. The number of hydrogen-bond acceptors (Lipinski definition) is 2. The molecule has 108 valence electrons. The van der Waals surface area contributed by atoms with E-state index >= 15 is 0 Å². The maximum atomic E-state index is 9.06. The van der Waals surface area contributed by atoms with Crippen LogP contribution in [0.3, 0.4) is 0 Å². The zero-order chi connectivity index (χ0) is 14.2. The zero-order valence-electron chi connectivity index (χ0n) is 12.4. The minimum atomic E-state index is 0.654. The maximum absolute atomic E-state index is 9.06. The Morgan fingerprint density at radius 2 is 2.00 bits per heavy atom. The third-order valence-corrected chi connectivity index (χ3v) is 5.05. The third kappa shape index (κ3) is 2.44. The van der Waals surface area contributed by atoms with Crippen molar-refractivity contribution < 1.29 is 0 Å². The van der Waals surface area contributed by atoms with Crippen molar-refractivity contribution in [3.05, 3.63) is 29.6 Å². The fraction of sp³-hybridized carbons (Fsp3) is 0.556. The van der Waals surface area contributed by atoms with E-state index in [0.29, 0.717) is 11.6 Å². The second-order valence-corrected chi connectivity index (χ2v) is 6.63. The van der Waals surface area contributed by atoms with Gasteiger partial charge in [-0.1, -0.05) is 25.7 Å². The van der Waals surface area contributed by atoms with E-state index in [0.717, 1.165) is 17.9 Å². The Labute approximate surface area is 125 Å². The lowest BCUT2D eigenvalue weighted by Gasteiger charge is -2.10. The molecule has 2 aromatic rings.